The lowest BCUT2D eigenvalue weighted by Crippen LogP contribution is -2.50. The summed E-state index contributed by atoms with van der Waals surface area (Å²) < 4.78 is 50.6. The molecule has 1 aliphatic rings. The van der Waals surface area contributed by atoms with E-state index in [1.807, 2.05) is 20.8 Å². The number of ether oxygens (including phenoxy) is 4. The molecule has 33 heavy (non-hydrogen) atoms. The summed E-state index contributed by atoms with van der Waals surface area (Å²) >= 11 is 0. The van der Waals surface area contributed by atoms with Gasteiger partial charge in [0.25, 0.3) is 0 Å². The molecule has 2 rings (SSSR count). The number of amides is 1. The van der Waals surface area contributed by atoms with Crippen molar-refractivity contribution in [1.82, 2.24) is 9.62 Å². The average molecular weight is 487 g/mol. The zero-order valence-corrected chi connectivity index (χ0v) is 20.8. The molecule has 0 saturated carbocycles. The van der Waals surface area contributed by atoms with E-state index in [0.29, 0.717) is 72.4 Å². The molecule has 1 fully saturated rings. The van der Waals surface area contributed by atoms with Crippen molar-refractivity contribution in [2.75, 3.05) is 65.9 Å². The molecule has 1 aromatic rings. The Hall–Kier alpha value is -1.56. The predicted octanol–water partition coefficient (Wildman–Crippen LogP) is 1.60. The van der Waals surface area contributed by atoms with Crippen molar-refractivity contribution in [3.63, 3.8) is 0 Å². The Morgan fingerprint density at radius 2 is 1.33 bits per heavy atom. The number of rotatable bonds is 6. The Labute approximate surface area is 197 Å². The molecule has 0 unspecified atom stereocenters. The molecule has 0 bridgehead atoms. The lowest BCUT2D eigenvalue weighted by atomic mass is 10.0. The van der Waals surface area contributed by atoms with E-state index in [2.05, 4.69) is 4.72 Å². The lowest BCUT2D eigenvalue weighted by Gasteiger charge is -2.28. The minimum atomic E-state index is -3.85. The Morgan fingerprint density at radius 1 is 0.879 bits per heavy atom. The van der Waals surface area contributed by atoms with E-state index in [4.69, 9.17) is 18.9 Å². The minimum Gasteiger partial charge on any atom is -0.377 e. The highest BCUT2D eigenvalue weighted by atomic mass is 32.2. The van der Waals surface area contributed by atoms with Crippen molar-refractivity contribution in [2.45, 2.75) is 38.1 Å². The average Bonchev–Trinajstić information content (AvgIpc) is 2.77. The van der Waals surface area contributed by atoms with Gasteiger partial charge in [0.1, 0.15) is 6.04 Å². The van der Waals surface area contributed by atoms with Crippen LogP contribution < -0.4 is 4.72 Å². The highest BCUT2D eigenvalue weighted by Crippen LogP contribution is 2.15. The van der Waals surface area contributed by atoms with Crippen molar-refractivity contribution in [1.29, 1.82) is 0 Å². The third-order valence-electron chi connectivity index (χ3n) is 5.07. The number of aryl methyl sites for hydroxylation is 1. The fourth-order valence-electron chi connectivity index (χ4n) is 3.31. The topological polar surface area (TPSA) is 103 Å². The molecule has 1 amide bonds. The molecule has 1 aromatic carbocycles. The van der Waals surface area contributed by atoms with Crippen LogP contribution in [0.15, 0.2) is 29.2 Å². The summed E-state index contributed by atoms with van der Waals surface area (Å²) in [6.07, 6.45) is 0.379. The molecule has 0 aromatic heterocycles. The highest BCUT2D eigenvalue weighted by molar-refractivity contribution is 7.89. The zero-order chi connectivity index (χ0) is 24.1. The standard InChI is InChI=1S/C23H38N2O7S/c1-19(2)18-22(24-33(27,28)21-6-4-20(3)5-7-21)23(26)25-8-10-29-12-14-31-16-17-32-15-13-30-11-9-25/h4-7,19,22,24H,8-18H2,1-3H3/t22-/m1/s1. The van der Waals surface area contributed by atoms with Crippen molar-refractivity contribution in [3.05, 3.63) is 29.8 Å². The molecule has 188 valence electrons. The van der Waals surface area contributed by atoms with Gasteiger partial charge in [-0.05, 0) is 31.4 Å². The van der Waals surface area contributed by atoms with Gasteiger partial charge >= 0.3 is 0 Å². The van der Waals surface area contributed by atoms with Gasteiger partial charge in [0.05, 0.1) is 57.8 Å². The van der Waals surface area contributed by atoms with Crippen LogP contribution in [0.1, 0.15) is 25.8 Å². The van der Waals surface area contributed by atoms with E-state index >= 15 is 0 Å². The van der Waals surface area contributed by atoms with Gasteiger partial charge < -0.3 is 23.8 Å². The van der Waals surface area contributed by atoms with Crippen LogP contribution in [0.5, 0.6) is 0 Å². The van der Waals surface area contributed by atoms with E-state index in [9.17, 15) is 13.2 Å². The molecule has 1 atom stereocenters. The van der Waals surface area contributed by atoms with Crippen LogP contribution in [0.3, 0.4) is 0 Å². The maximum atomic E-state index is 13.4. The summed E-state index contributed by atoms with van der Waals surface area (Å²) in [6, 6.07) is 5.68. The Kier molecular flexibility index (Phi) is 12.3. The summed E-state index contributed by atoms with van der Waals surface area (Å²) in [4.78, 5) is 15.2. The second-order valence-electron chi connectivity index (χ2n) is 8.39. The molecule has 1 saturated heterocycles. The van der Waals surface area contributed by atoms with Gasteiger partial charge in [0.15, 0.2) is 0 Å². The first kappa shape index (κ1) is 27.7. The number of carbonyl (C=O) groups is 1. The van der Waals surface area contributed by atoms with Crippen LogP contribution in [0, 0.1) is 12.8 Å². The number of hydrogen-bond acceptors (Lipinski definition) is 7. The molecule has 0 spiro atoms. The smallest absolute Gasteiger partial charge is 0.241 e. The van der Waals surface area contributed by atoms with Crippen molar-refractivity contribution in [3.8, 4) is 0 Å². The van der Waals surface area contributed by atoms with Gasteiger partial charge in [-0.15, -0.1) is 0 Å². The molecule has 0 radical (unpaired) electrons. The number of benzene rings is 1. The Balaban J connectivity index is 2.10. The molecule has 1 aliphatic heterocycles. The van der Waals surface area contributed by atoms with Gasteiger partial charge in [-0.1, -0.05) is 31.5 Å². The van der Waals surface area contributed by atoms with E-state index in [1.165, 1.54) is 0 Å². The van der Waals surface area contributed by atoms with E-state index in [1.54, 1.807) is 29.2 Å². The maximum Gasteiger partial charge on any atom is 0.241 e. The van der Waals surface area contributed by atoms with E-state index in [-0.39, 0.29) is 16.7 Å². The second-order valence-corrected chi connectivity index (χ2v) is 10.1. The largest absolute Gasteiger partial charge is 0.377 e. The fourth-order valence-corrected chi connectivity index (χ4v) is 4.51. The van der Waals surface area contributed by atoms with Crippen LogP contribution in [0.25, 0.3) is 0 Å². The normalized spacial score (nSPS) is 19.0. The van der Waals surface area contributed by atoms with Gasteiger partial charge in [0.2, 0.25) is 15.9 Å². The summed E-state index contributed by atoms with van der Waals surface area (Å²) in [5, 5.41) is 0. The summed E-state index contributed by atoms with van der Waals surface area (Å²) in [5.41, 5.74) is 0.959. The van der Waals surface area contributed by atoms with Gasteiger partial charge in [-0.3, -0.25) is 4.79 Å². The second kappa shape index (κ2) is 14.6. The first-order chi connectivity index (χ1) is 15.8. The minimum absolute atomic E-state index is 0.116. The molecular weight excluding hydrogens is 448 g/mol. The lowest BCUT2D eigenvalue weighted by molar-refractivity contribution is -0.135. The molecule has 1 heterocycles. The summed E-state index contributed by atoms with van der Waals surface area (Å²) in [7, 11) is -3.85. The van der Waals surface area contributed by atoms with Crippen molar-refractivity contribution < 1.29 is 32.2 Å². The first-order valence-electron chi connectivity index (χ1n) is 11.5. The number of nitrogens with one attached hydrogen (secondary N) is 1. The predicted molar refractivity (Wildman–Crippen MR) is 125 cm³/mol. The Morgan fingerprint density at radius 3 is 1.79 bits per heavy atom. The zero-order valence-electron chi connectivity index (χ0n) is 20.0. The first-order valence-corrected chi connectivity index (χ1v) is 13.0. The Bertz CT molecular complexity index is 784. The summed E-state index contributed by atoms with van der Waals surface area (Å²) in [5.74, 6) is -0.173. The number of nitrogens with zero attached hydrogens (tertiary/aromatic N) is 1. The summed E-state index contributed by atoms with van der Waals surface area (Å²) in [6.45, 7) is 9.81. The van der Waals surface area contributed by atoms with Gasteiger partial charge in [0, 0.05) is 13.1 Å². The monoisotopic (exact) mass is 486 g/mol. The van der Waals surface area contributed by atoms with Crippen LogP contribution in [0.4, 0.5) is 0 Å². The number of sulfonamides is 1. The fraction of sp³-hybridized carbons (Fsp3) is 0.696. The quantitative estimate of drug-likeness (QED) is 0.651. The third kappa shape index (κ3) is 10.5. The van der Waals surface area contributed by atoms with E-state index in [0.717, 1.165) is 5.56 Å². The molecule has 9 nitrogen and oxygen atoms in total. The number of hydrogen-bond donors (Lipinski definition) is 1. The van der Waals surface area contributed by atoms with Crippen molar-refractivity contribution >= 4 is 15.9 Å². The maximum absolute atomic E-state index is 13.4. The number of carbonyl (C=O) groups excluding carboxylic acids is 1. The van der Waals surface area contributed by atoms with Crippen LogP contribution >= 0.6 is 0 Å². The molecular formula is C23H38N2O7S. The van der Waals surface area contributed by atoms with Crippen molar-refractivity contribution in [2.24, 2.45) is 5.92 Å². The third-order valence-corrected chi connectivity index (χ3v) is 6.56. The highest BCUT2D eigenvalue weighted by Gasteiger charge is 2.30. The van der Waals surface area contributed by atoms with Gasteiger partial charge in [-0.2, -0.15) is 4.72 Å². The SMILES string of the molecule is Cc1ccc(S(=O)(=O)N[C@H](CC(C)C)C(=O)N2CCOCCOCCOCCOCC2)cc1. The molecule has 10 heteroatoms. The van der Waals surface area contributed by atoms with E-state index < -0.39 is 16.1 Å². The molecule has 0 aliphatic carbocycles. The van der Waals surface area contributed by atoms with Crippen LogP contribution in [-0.4, -0.2) is 91.2 Å². The van der Waals surface area contributed by atoms with Crippen LogP contribution in [0.2, 0.25) is 0 Å². The molecule has 1 N–H and O–H groups in total. The van der Waals surface area contributed by atoms with Crippen LogP contribution in [-0.2, 0) is 33.8 Å². The van der Waals surface area contributed by atoms with Gasteiger partial charge in [-0.25, -0.2) is 8.42 Å².